The van der Waals surface area contributed by atoms with Crippen LogP contribution in [0.2, 0.25) is 0 Å². The van der Waals surface area contributed by atoms with Gasteiger partial charge in [-0.3, -0.25) is 4.79 Å². The lowest BCUT2D eigenvalue weighted by molar-refractivity contribution is -0.145. The van der Waals surface area contributed by atoms with Gasteiger partial charge in [-0.2, -0.15) is 0 Å². The number of aromatic hydroxyl groups is 1. The normalized spacial score (nSPS) is 26.0. The number of aliphatic carboxylic acids is 1. The molecule has 0 radical (unpaired) electrons. The molecule has 0 saturated heterocycles. The molecule has 5 rings (SSSR count). The van der Waals surface area contributed by atoms with Gasteiger partial charge in [0.2, 0.25) is 0 Å². The monoisotopic (exact) mass is 582 g/mol. The maximum absolute atomic E-state index is 12.7. The molecule has 0 amide bonds. The van der Waals surface area contributed by atoms with Crippen LogP contribution in [0.3, 0.4) is 0 Å². The first kappa shape index (κ1) is 31.3. The van der Waals surface area contributed by atoms with Crippen molar-refractivity contribution in [3.8, 4) is 5.75 Å². The average Bonchev–Trinajstić information content (AvgIpc) is 3.56. The van der Waals surface area contributed by atoms with E-state index in [9.17, 15) is 19.8 Å². The van der Waals surface area contributed by atoms with E-state index in [-0.39, 0.29) is 17.1 Å². The van der Waals surface area contributed by atoms with Crippen LogP contribution in [0.4, 0.5) is 0 Å². The highest BCUT2D eigenvalue weighted by atomic mass is 16.4. The summed E-state index contributed by atoms with van der Waals surface area (Å²) < 4.78 is 0. The second-order valence-corrected chi connectivity index (χ2v) is 13.5. The first-order chi connectivity index (χ1) is 21.0. The molecule has 4 heteroatoms. The van der Waals surface area contributed by atoms with Gasteiger partial charge >= 0.3 is 5.97 Å². The number of carbonyl (C=O) groups excluding carboxylic acids is 1. The number of hydrogen-bond donors (Lipinski definition) is 2. The van der Waals surface area contributed by atoms with Gasteiger partial charge in [-0.1, -0.05) is 99.2 Å². The van der Waals surface area contributed by atoms with Gasteiger partial charge in [0, 0.05) is 11.3 Å². The number of phenolic OH excluding ortho intramolecular Hbond substituents is 1. The second-order valence-electron chi connectivity index (χ2n) is 13.5. The van der Waals surface area contributed by atoms with Gasteiger partial charge in [-0.25, -0.2) is 0 Å². The van der Waals surface area contributed by atoms with Gasteiger partial charge in [-0.15, -0.1) is 0 Å². The highest BCUT2D eigenvalue weighted by Crippen LogP contribution is 2.48. The van der Waals surface area contributed by atoms with Crippen molar-refractivity contribution in [2.75, 3.05) is 0 Å². The zero-order valence-electron chi connectivity index (χ0n) is 25.7. The van der Waals surface area contributed by atoms with Gasteiger partial charge in [0.1, 0.15) is 12.0 Å². The van der Waals surface area contributed by atoms with Crippen LogP contribution in [-0.4, -0.2) is 22.5 Å². The molecular formula is C39H50O4. The van der Waals surface area contributed by atoms with E-state index in [1.807, 2.05) is 0 Å². The molecule has 5 unspecified atom stereocenters. The minimum atomic E-state index is -0.672. The third-order valence-corrected chi connectivity index (χ3v) is 10.9. The molecule has 0 aromatic heterocycles. The molecule has 1 saturated carbocycles. The van der Waals surface area contributed by atoms with E-state index < -0.39 is 11.9 Å². The van der Waals surface area contributed by atoms with Crippen LogP contribution in [0.5, 0.6) is 5.75 Å². The molecule has 1 spiro atoms. The fourth-order valence-electron chi connectivity index (χ4n) is 8.47. The summed E-state index contributed by atoms with van der Waals surface area (Å²) in [4.78, 5) is 24.5. The molecule has 43 heavy (non-hydrogen) atoms. The molecule has 2 N–H and O–H groups in total. The number of hydrogen-bond acceptors (Lipinski definition) is 3. The summed E-state index contributed by atoms with van der Waals surface area (Å²) >= 11 is 0. The lowest BCUT2D eigenvalue weighted by Gasteiger charge is -2.42. The summed E-state index contributed by atoms with van der Waals surface area (Å²) in [6.07, 6.45) is 25.2. The van der Waals surface area contributed by atoms with Crippen molar-refractivity contribution in [2.45, 2.75) is 108 Å². The molecular weight excluding hydrogens is 532 g/mol. The van der Waals surface area contributed by atoms with E-state index in [0.29, 0.717) is 24.2 Å². The van der Waals surface area contributed by atoms with E-state index in [0.717, 1.165) is 83.5 Å². The average molecular weight is 583 g/mol. The van der Waals surface area contributed by atoms with Crippen molar-refractivity contribution >= 4 is 12.3 Å². The quantitative estimate of drug-likeness (QED) is 0.166. The Balaban J connectivity index is 1.38. The van der Waals surface area contributed by atoms with Gasteiger partial charge < -0.3 is 15.0 Å². The zero-order valence-corrected chi connectivity index (χ0v) is 25.7. The number of carboxylic acid groups (broad SMARTS) is 1. The van der Waals surface area contributed by atoms with Crippen molar-refractivity contribution in [3.63, 3.8) is 0 Å². The fourth-order valence-corrected chi connectivity index (χ4v) is 8.47. The number of unbranched alkanes of at least 4 members (excludes halogenated alkanes) is 2. The molecule has 4 nitrogen and oxygen atoms in total. The van der Waals surface area contributed by atoms with Gasteiger partial charge in [0.25, 0.3) is 0 Å². The van der Waals surface area contributed by atoms with Crippen LogP contribution in [0.1, 0.15) is 112 Å². The summed E-state index contributed by atoms with van der Waals surface area (Å²) in [5.74, 6) is 0.468. The molecule has 2 bridgehead atoms. The smallest absolute Gasteiger partial charge is 0.307 e. The van der Waals surface area contributed by atoms with Crippen molar-refractivity contribution < 1.29 is 19.8 Å². The Bertz CT molecular complexity index is 1250. The minimum Gasteiger partial charge on any atom is -0.508 e. The first-order valence-corrected chi connectivity index (χ1v) is 16.9. The van der Waals surface area contributed by atoms with Crippen LogP contribution in [0, 0.1) is 23.7 Å². The van der Waals surface area contributed by atoms with Gasteiger partial charge in [-0.05, 0) is 104 Å². The Morgan fingerprint density at radius 2 is 1.74 bits per heavy atom. The van der Waals surface area contributed by atoms with Crippen LogP contribution in [0.15, 0.2) is 72.8 Å². The Morgan fingerprint density at radius 1 is 0.953 bits per heavy atom. The number of carbonyl (C=O) groups is 2. The molecule has 0 aliphatic heterocycles. The Hall–Kier alpha value is -3.14. The standard InChI is InChI=1S/C39H50O4/c40-28-33(30-13-5-6-14-30)17-4-1-3-15-31-16-7-8-19-37(38(42)43)39(24-9-2-10-25-39)34-18-11-12-29(26-34)27-36(31)32-20-22-35(41)23-21-32/h5,7-8,11-13,18,20-23,26,28,30-31,33,36-37,41H,1-4,6,9-10,14-17,19,24-25,27H2,(H,42,43). The largest absolute Gasteiger partial charge is 0.508 e. The lowest BCUT2D eigenvalue weighted by atomic mass is 9.60. The van der Waals surface area contributed by atoms with Crippen LogP contribution in [-0.2, 0) is 21.4 Å². The van der Waals surface area contributed by atoms with Crippen LogP contribution < -0.4 is 0 Å². The number of carboxylic acids is 1. The SMILES string of the molecule is O=CC(CCCCCC1CC=CCC(C(=O)O)C2(CCCCC2)c2cccc(c2)CC1c1ccc(O)cc1)C1C=CCC1. The number of rotatable bonds is 10. The van der Waals surface area contributed by atoms with E-state index in [4.69, 9.17) is 0 Å². The van der Waals surface area contributed by atoms with E-state index >= 15 is 0 Å². The third kappa shape index (κ3) is 7.69. The first-order valence-electron chi connectivity index (χ1n) is 16.9. The predicted molar refractivity (Wildman–Crippen MR) is 173 cm³/mol. The Morgan fingerprint density at radius 3 is 2.47 bits per heavy atom. The number of phenols is 1. The van der Waals surface area contributed by atoms with E-state index in [2.05, 4.69) is 60.7 Å². The molecule has 3 aliphatic carbocycles. The molecule has 2 aromatic carbocycles. The van der Waals surface area contributed by atoms with Crippen molar-refractivity contribution in [2.24, 2.45) is 23.7 Å². The summed E-state index contributed by atoms with van der Waals surface area (Å²) in [7, 11) is 0. The molecule has 2 aromatic rings. The van der Waals surface area contributed by atoms with Crippen molar-refractivity contribution in [3.05, 3.63) is 89.5 Å². The third-order valence-electron chi connectivity index (χ3n) is 10.9. The summed E-state index contributed by atoms with van der Waals surface area (Å²) in [5.41, 5.74) is 3.42. The van der Waals surface area contributed by atoms with Gasteiger partial charge in [0.15, 0.2) is 0 Å². The number of fused-ring (bicyclic) bond motifs is 3. The second kappa shape index (κ2) is 15.0. The van der Waals surface area contributed by atoms with Crippen LogP contribution >= 0.6 is 0 Å². The maximum Gasteiger partial charge on any atom is 0.307 e. The summed E-state index contributed by atoms with van der Waals surface area (Å²) in [6.45, 7) is 0. The fraction of sp³-hybridized carbons (Fsp3) is 0.538. The molecule has 1 fully saturated rings. The zero-order chi connectivity index (χ0) is 30.1. The van der Waals surface area contributed by atoms with E-state index in [1.54, 1.807) is 12.1 Å². The molecule has 5 atom stereocenters. The summed E-state index contributed by atoms with van der Waals surface area (Å²) in [6, 6.07) is 16.7. The molecule has 230 valence electrons. The Kier molecular flexibility index (Phi) is 10.9. The Labute approximate surface area is 258 Å². The minimum absolute atomic E-state index is 0.148. The van der Waals surface area contributed by atoms with Gasteiger partial charge in [0.05, 0.1) is 5.92 Å². The topological polar surface area (TPSA) is 74.6 Å². The summed E-state index contributed by atoms with van der Waals surface area (Å²) in [5, 5.41) is 20.5. The predicted octanol–water partition coefficient (Wildman–Crippen LogP) is 9.32. The van der Waals surface area contributed by atoms with E-state index in [1.165, 1.54) is 29.4 Å². The number of allylic oxidation sites excluding steroid dienone is 4. The number of aldehydes is 1. The maximum atomic E-state index is 12.7. The van der Waals surface area contributed by atoms with Crippen molar-refractivity contribution in [1.82, 2.24) is 0 Å². The highest BCUT2D eigenvalue weighted by Gasteiger charge is 2.44. The molecule has 3 aliphatic rings. The molecule has 0 heterocycles. The van der Waals surface area contributed by atoms with Crippen LogP contribution in [0.25, 0.3) is 0 Å². The lowest BCUT2D eigenvalue weighted by Crippen LogP contribution is -2.41. The van der Waals surface area contributed by atoms with Crippen molar-refractivity contribution in [1.29, 1.82) is 0 Å². The highest BCUT2D eigenvalue weighted by molar-refractivity contribution is 5.73. The number of benzene rings is 2.